The predicted octanol–water partition coefficient (Wildman–Crippen LogP) is 2.68. The smallest absolute Gasteiger partial charge is 0.228 e. The second-order valence-electron chi connectivity index (χ2n) is 5.53. The topological polar surface area (TPSA) is 37.0 Å². The summed E-state index contributed by atoms with van der Waals surface area (Å²) < 4.78 is 0. The first kappa shape index (κ1) is 11.0. The summed E-state index contributed by atoms with van der Waals surface area (Å²) in [6.07, 6.45) is 0. The third-order valence-corrected chi connectivity index (χ3v) is 3.35. The highest BCUT2D eigenvalue weighted by molar-refractivity contribution is 6.54. The average molecular weight is 239 g/mol. The molecule has 0 bridgehead atoms. The van der Waals surface area contributed by atoms with E-state index in [-0.39, 0.29) is 11.2 Å². The minimum Gasteiger partial charge on any atom is -0.322 e. The Labute approximate surface area is 106 Å². The predicted molar refractivity (Wildman–Crippen MR) is 70.5 cm³/mol. The molecule has 1 aromatic carbocycles. The number of carbonyl (C=O) groups excluding carboxylic acids is 1. The van der Waals surface area contributed by atoms with Gasteiger partial charge in [-0.05, 0) is 12.1 Å². The fraction of sp³-hybridized carbons (Fsp3) is 0.357. The highest BCUT2D eigenvalue weighted by atomic mass is 16.1. The molecule has 0 atom stereocenters. The Morgan fingerprint density at radius 1 is 1.44 bits per heavy atom. The molecule has 0 unspecified atom stereocenters. The molecule has 2 aliphatic rings. The van der Waals surface area contributed by atoms with Gasteiger partial charge < -0.3 is 4.90 Å². The summed E-state index contributed by atoms with van der Waals surface area (Å²) in [5.41, 5.74) is 2.07. The Kier molecular flexibility index (Phi) is 2.09. The number of ketones is 1. The molecule has 0 saturated carbocycles. The normalized spacial score (nSPS) is 19.9. The molecule has 0 N–H and O–H groups in total. The maximum atomic E-state index is 12.2. The molecule has 0 spiro atoms. The second kappa shape index (κ2) is 3.42. The molecule has 0 fully saturated rings. The molecule has 0 radical (unpaired) electrons. The van der Waals surface area contributed by atoms with Gasteiger partial charge in [0.2, 0.25) is 5.78 Å². The van der Waals surface area contributed by atoms with E-state index in [1.54, 1.807) is 12.1 Å². The molecule has 1 aromatic rings. The fourth-order valence-corrected chi connectivity index (χ4v) is 2.45. The molecule has 4 heteroatoms. The van der Waals surface area contributed by atoms with Gasteiger partial charge in [0.25, 0.3) is 0 Å². The van der Waals surface area contributed by atoms with Gasteiger partial charge in [-0.25, -0.2) is 4.85 Å². The lowest BCUT2D eigenvalue weighted by atomic mass is 9.91. The van der Waals surface area contributed by atoms with Gasteiger partial charge in [0.15, 0.2) is 11.5 Å². The summed E-state index contributed by atoms with van der Waals surface area (Å²) in [6.45, 7) is 12.8. The van der Waals surface area contributed by atoms with Crippen LogP contribution in [-0.2, 0) is 0 Å². The zero-order valence-electron chi connectivity index (χ0n) is 10.4. The summed E-state index contributed by atoms with van der Waals surface area (Å²) in [5.74, 6) is 0.484. The Morgan fingerprint density at radius 2 is 2.22 bits per heavy atom. The van der Waals surface area contributed by atoms with Gasteiger partial charge >= 0.3 is 0 Å². The van der Waals surface area contributed by atoms with Crippen molar-refractivity contribution < 1.29 is 4.79 Å². The zero-order valence-corrected chi connectivity index (χ0v) is 10.4. The van der Waals surface area contributed by atoms with Crippen LogP contribution in [0.4, 0.5) is 11.4 Å². The van der Waals surface area contributed by atoms with Gasteiger partial charge in [0.1, 0.15) is 0 Å². The number of anilines is 1. The van der Waals surface area contributed by atoms with Gasteiger partial charge in [0, 0.05) is 24.1 Å². The Hall–Kier alpha value is -2.15. The van der Waals surface area contributed by atoms with Crippen LogP contribution in [0.15, 0.2) is 23.2 Å². The van der Waals surface area contributed by atoms with Crippen molar-refractivity contribution in [3.63, 3.8) is 0 Å². The van der Waals surface area contributed by atoms with Gasteiger partial charge in [-0.15, -0.1) is 0 Å². The van der Waals surface area contributed by atoms with Crippen molar-refractivity contribution in [2.45, 2.75) is 13.8 Å². The summed E-state index contributed by atoms with van der Waals surface area (Å²) in [7, 11) is 0. The molecule has 90 valence electrons. The van der Waals surface area contributed by atoms with Crippen LogP contribution >= 0.6 is 0 Å². The van der Waals surface area contributed by atoms with E-state index in [0.29, 0.717) is 23.6 Å². The van der Waals surface area contributed by atoms with Crippen molar-refractivity contribution in [1.29, 1.82) is 0 Å². The third-order valence-electron chi connectivity index (χ3n) is 3.35. The lowest BCUT2D eigenvalue weighted by Gasteiger charge is -2.34. The van der Waals surface area contributed by atoms with Crippen LogP contribution in [0.5, 0.6) is 0 Å². The summed E-state index contributed by atoms with van der Waals surface area (Å²) >= 11 is 0. The SMILES string of the molecule is [C-]#[N+]c1ccc2c(c1)C(=O)C1=NCC(C)(C)CN12. The highest BCUT2D eigenvalue weighted by Gasteiger charge is 2.39. The Morgan fingerprint density at radius 3 is 2.94 bits per heavy atom. The van der Waals surface area contributed by atoms with E-state index >= 15 is 0 Å². The molecule has 2 heterocycles. The average Bonchev–Trinajstić information content (AvgIpc) is 2.61. The molecule has 4 nitrogen and oxygen atoms in total. The number of rotatable bonds is 0. The largest absolute Gasteiger partial charge is 0.322 e. The van der Waals surface area contributed by atoms with Crippen LogP contribution in [0.1, 0.15) is 24.2 Å². The minimum absolute atomic E-state index is 0.0500. The van der Waals surface area contributed by atoms with Crippen molar-refractivity contribution in [2.24, 2.45) is 10.4 Å². The van der Waals surface area contributed by atoms with E-state index in [0.717, 1.165) is 12.2 Å². The van der Waals surface area contributed by atoms with Crippen molar-refractivity contribution in [3.05, 3.63) is 35.2 Å². The van der Waals surface area contributed by atoms with E-state index in [1.807, 2.05) is 11.0 Å². The number of carbonyl (C=O) groups is 1. The first-order valence-corrected chi connectivity index (χ1v) is 5.90. The van der Waals surface area contributed by atoms with Crippen LogP contribution in [0.25, 0.3) is 4.85 Å². The van der Waals surface area contributed by atoms with Crippen molar-refractivity contribution >= 4 is 23.0 Å². The lowest BCUT2D eigenvalue weighted by Crippen LogP contribution is -2.44. The van der Waals surface area contributed by atoms with Gasteiger partial charge in [-0.2, -0.15) is 0 Å². The van der Waals surface area contributed by atoms with Gasteiger partial charge in [-0.1, -0.05) is 19.9 Å². The van der Waals surface area contributed by atoms with E-state index in [2.05, 4.69) is 23.7 Å². The first-order valence-electron chi connectivity index (χ1n) is 5.90. The zero-order chi connectivity index (χ0) is 12.9. The summed E-state index contributed by atoms with van der Waals surface area (Å²) in [6, 6.07) is 5.27. The maximum Gasteiger partial charge on any atom is 0.228 e. The van der Waals surface area contributed by atoms with Crippen LogP contribution in [0, 0.1) is 12.0 Å². The molecule has 2 aliphatic heterocycles. The molecular weight excluding hydrogens is 226 g/mol. The molecule has 0 aromatic heterocycles. The second-order valence-corrected chi connectivity index (χ2v) is 5.53. The van der Waals surface area contributed by atoms with Crippen LogP contribution in [0.2, 0.25) is 0 Å². The number of benzene rings is 1. The van der Waals surface area contributed by atoms with Gasteiger partial charge in [0.05, 0.1) is 12.3 Å². The number of aliphatic imine (C=N–C) groups is 1. The molecule has 0 amide bonds. The van der Waals surface area contributed by atoms with Crippen molar-refractivity contribution in [3.8, 4) is 0 Å². The number of amidine groups is 1. The van der Waals surface area contributed by atoms with E-state index in [1.165, 1.54) is 0 Å². The number of nitrogens with zero attached hydrogens (tertiary/aromatic N) is 3. The van der Waals surface area contributed by atoms with E-state index < -0.39 is 0 Å². The van der Waals surface area contributed by atoms with Crippen molar-refractivity contribution in [1.82, 2.24) is 0 Å². The van der Waals surface area contributed by atoms with Gasteiger partial charge in [-0.3, -0.25) is 9.79 Å². The molecule has 18 heavy (non-hydrogen) atoms. The third kappa shape index (κ3) is 1.44. The monoisotopic (exact) mass is 239 g/mol. The quantitative estimate of drug-likeness (QED) is 0.653. The Balaban J connectivity index is 2.14. The first-order chi connectivity index (χ1) is 8.52. The van der Waals surface area contributed by atoms with Crippen LogP contribution in [0.3, 0.4) is 0 Å². The number of hydrogen-bond acceptors (Lipinski definition) is 3. The standard InChI is InChI=1S/C14H13N3O/c1-14(2)7-16-13-12(18)10-6-9(15-3)4-5-11(10)17(13)8-14/h4-6H,7-8H2,1-2H3. The molecular formula is C14H13N3O. The molecule has 3 rings (SSSR count). The fourth-order valence-electron chi connectivity index (χ4n) is 2.45. The summed E-state index contributed by atoms with van der Waals surface area (Å²) in [5, 5.41) is 0. The van der Waals surface area contributed by atoms with Crippen molar-refractivity contribution in [2.75, 3.05) is 18.0 Å². The summed E-state index contributed by atoms with van der Waals surface area (Å²) in [4.78, 5) is 22.0. The van der Waals surface area contributed by atoms with Crippen LogP contribution in [-0.4, -0.2) is 24.7 Å². The number of hydrogen-bond donors (Lipinski definition) is 0. The molecule has 0 saturated heterocycles. The minimum atomic E-state index is -0.0500. The van der Waals surface area contributed by atoms with Crippen LogP contribution < -0.4 is 4.90 Å². The van der Waals surface area contributed by atoms with E-state index in [9.17, 15) is 4.79 Å². The number of fused-ring (bicyclic) bond motifs is 3. The van der Waals surface area contributed by atoms with E-state index in [4.69, 9.17) is 6.57 Å². The number of Topliss-reactive ketones (excluding diaryl/α,β-unsaturated/α-hetero) is 1. The highest BCUT2D eigenvalue weighted by Crippen LogP contribution is 2.37. The Bertz CT molecular complexity index is 622. The lowest BCUT2D eigenvalue weighted by molar-refractivity contribution is 0.106. The molecule has 0 aliphatic carbocycles. The maximum absolute atomic E-state index is 12.2.